The molecular formula is C68H52F2N2. The van der Waals surface area contributed by atoms with Crippen LogP contribution in [-0.4, -0.2) is 0 Å². The fourth-order valence-electron chi connectivity index (χ4n) is 11.2. The van der Waals surface area contributed by atoms with Crippen molar-refractivity contribution < 1.29 is 8.78 Å². The maximum absolute atomic E-state index is 14.1. The molecule has 0 spiro atoms. The number of anilines is 6. The van der Waals surface area contributed by atoms with Crippen molar-refractivity contribution in [3.8, 4) is 22.3 Å². The number of benzene rings is 10. The molecule has 12 rings (SSSR count). The molecule has 348 valence electrons. The molecule has 72 heavy (non-hydrogen) atoms. The number of hydrogen-bond donors (Lipinski definition) is 0. The first kappa shape index (κ1) is 44.6. The number of para-hydroxylation sites is 2. The van der Waals surface area contributed by atoms with Gasteiger partial charge in [-0.1, -0.05) is 173 Å². The van der Waals surface area contributed by atoms with Crippen LogP contribution in [0.25, 0.3) is 57.3 Å². The minimum Gasteiger partial charge on any atom is -0.310 e. The molecule has 10 aromatic carbocycles. The third-order valence-corrected chi connectivity index (χ3v) is 15.0. The number of hydrogen-bond acceptors (Lipinski definition) is 2. The zero-order valence-electron chi connectivity index (χ0n) is 40.7. The molecule has 10 aromatic rings. The molecule has 0 N–H and O–H groups in total. The molecule has 0 aliphatic heterocycles. The van der Waals surface area contributed by atoms with E-state index in [2.05, 4.69) is 195 Å². The van der Waals surface area contributed by atoms with Gasteiger partial charge in [0.05, 0.1) is 0 Å². The van der Waals surface area contributed by atoms with E-state index in [0.717, 1.165) is 45.3 Å². The van der Waals surface area contributed by atoms with Crippen LogP contribution in [0.3, 0.4) is 0 Å². The highest BCUT2D eigenvalue weighted by molar-refractivity contribution is 5.99. The van der Waals surface area contributed by atoms with Gasteiger partial charge in [0.25, 0.3) is 0 Å². The zero-order valence-corrected chi connectivity index (χ0v) is 40.7. The van der Waals surface area contributed by atoms with Gasteiger partial charge in [0.15, 0.2) is 0 Å². The van der Waals surface area contributed by atoms with Crippen molar-refractivity contribution in [1.29, 1.82) is 0 Å². The van der Waals surface area contributed by atoms with E-state index in [-0.39, 0.29) is 22.5 Å². The predicted molar refractivity (Wildman–Crippen MR) is 299 cm³/mol. The van der Waals surface area contributed by atoms with Gasteiger partial charge in [-0.15, -0.1) is 0 Å². The van der Waals surface area contributed by atoms with Crippen molar-refractivity contribution in [3.63, 3.8) is 0 Å². The monoisotopic (exact) mass is 934 g/mol. The molecule has 0 bridgehead atoms. The molecule has 2 aliphatic carbocycles. The normalized spacial score (nSPS) is 13.8. The molecule has 4 heteroatoms. The van der Waals surface area contributed by atoms with Crippen LogP contribution >= 0.6 is 0 Å². The first-order valence-electron chi connectivity index (χ1n) is 24.7. The fraction of sp³-hybridized carbons (Fsp3) is 0.0882. The van der Waals surface area contributed by atoms with Crippen LogP contribution in [0, 0.1) is 11.6 Å². The van der Waals surface area contributed by atoms with Gasteiger partial charge in [-0.2, -0.15) is 0 Å². The smallest absolute Gasteiger partial charge is 0.123 e. The van der Waals surface area contributed by atoms with E-state index < -0.39 is 0 Å². The van der Waals surface area contributed by atoms with Gasteiger partial charge in [-0.05, 0) is 175 Å². The Bertz CT molecular complexity index is 3510. The van der Waals surface area contributed by atoms with Crippen LogP contribution in [0.4, 0.5) is 42.9 Å². The number of rotatable bonds is 10. The molecule has 0 atom stereocenters. The van der Waals surface area contributed by atoms with E-state index in [4.69, 9.17) is 0 Å². The summed E-state index contributed by atoms with van der Waals surface area (Å²) in [6.07, 6.45) is 8.97. The molecule has 0 fully saturated rings. The lowest BCUT2D eigenvalue weighted by atomic mass is 9.81. The summed E-state index contributed by atoms with van der Waals surface area (Å²) in [6, 6.07) is 74.3. The van der Waals surface area contributed by atoms with Crippen LogP contribution in [-0.2, 0) is 10.8 Å². The number of fused-ring (bicyclic) bond motifs is 7. The first-order valence-corrected chi connectivity index (χ1v) is 24.7. The third-order valence-electron chi connectivity index (χ3n) is 15.0. The van der Waals surface area contributed by atoms with Crippen molar-refractivity contribution in [2.75, 3.05) is 9.80 Å². The number of halogens is 2. The molecule has 2 nitrogen and oxygen atoms in total. The minimum atomic E-state index is -0.252. The van der Waals surface area contributed by atoms with Gasteiger partial charge < -0.3 is 9.80 Å². The summed E-state index contributed by atoms with van der Waals surface area (Å²) in [4.78, 5) is 4.39. The van der Waals surface area contributed by atoms with Crippen LogP contribution in [0.1, 0.15) is 72.2 Å². The molecule has 0 radical (unpaired) electrons. The summed E-state index contributed by atoms with van der Waals surface area (Å²) in [5, 5.41) is 2.40. The van der Waals surface area contributed by atoms with Gasteiger partial charge in [0, 0.05) is 45.0 Å². The fourth-order valence-corrected chi connectivity index (χ4v) is 11.2. The lowest BCUT2D eigenvalue weighted by molar-refractivity contribution is 0.627. The highest BCUT2D eigenvalue weighted by Gasteiger charge is 2.37. The van der Waals surface area contributed by atoms with E-state index >= 15 is 0 Å². The van der Waals surface area contributed by atoms with E-state index in [1.54, 1.807) is 0 Å². The van der Waals surface area contributed by atoms with Crippen molar-refractivity contribution in [1.82, 2.24) is 0 Å². The van der Waals surface area contributed by atoms with Gasteiger partial charge in [-0.3, -0.25) is 0 Å². The molecular weight excluding hydrogens is 883 g/mol. The second kappa shape index (κ2) is 17.7. The Balaban J connectivity index is 0.804. The Labute approximate surface area is 421 Å². The largest absolute Gasteiger partial charge is 0.310 e. The lowest BCUT2D eigenvalue weighted by Gasteiger charge is -2.28. The Kier molecular flexibility index (Phi) is 10.9. The second-order valence-electron chi connectivity index (χ2n) is 20.1. The standard InChI is InChI=1S/C68H52F2N2/c1-67(2)63-41-45(21-37-59(63)61-39-35-55(43-65(61)67)71(51-13-7-5-8-14-51)53-31-27-49(69)28-32-53)19-23-47-25-26-48(58-18-12-11-17-57(47)58)24-20-46-22-38-60-62-40-36-56(44-66(62)68(3,4)64(60)42-46)72(52-15-9-6-10-16-52)54-33-29-50(70)30-34-54/h5-44H,1-4H3/b23-19+,24-20+. The van der Waals surface area contributed by atoms with E-state index in [0.29, 0.717) is 0 Å². The molecule has 2 aliphatic rings. The number of nitrogens with zero attached hydrogens (tertiary/aromatic N) is 2. The minimum absolute atomic E-state index is 0.241. The van der Waals surface area contributed by atoms with Crippen molar-refractivity contribution in [2.45, 2.75) is 38.5 Å². The molecule has 0 heterocycles. The summed E-state index contributed by atoms with van der Waals surface area (Å²) >= 11 is 0. The zero-order chi connectivity index (χ0) is 49.1. The highest BCUT2D eigenvalue weighted by Crippen LogP contribution is 2.53. The molecule has 0 saturated heterocycles. The van der Waals surface area contributed by atoms with Crippen molar-refractivity contribution >= 4 is 69.2 Å². The quantitative estimate of drug-likeness (QED) is 0.126. The van der Waals surface area contributed by atoms with E-state index in [1.807, 2.05) is 60.7 Å². The Morgan fingerprint density at radius 3 is 1.01 bits per heavy atom. The van der Waals surface area contributed by atoms with Crippen LogP contribution in [0.15, 0.2) is 218 Å². The van der Waals surface area contributed by atoms with Crippen LogP contribution in [0.2, 0.25) is 0 Å². The SMILES string of the molecule is CC1(C)c2cc(/C=C/c3ccc(/C=C/c4ccc5c(c4)C(C)(C)c4cc(N(c6ccccc6)c6ccc(F)cc6)ccc4-5)c4ccccc34)ccc2-c2ccc(N(c3ccccc3)c3ccc(F)cc3)cc21. The molecule has 0 aromatic heterocycles. The van der Waals surface area contributed by atoms with E-state index in [9.17, 15) is 8.78 Å². The van der Waals surface area contributed by atoms with E-state index in [1.165, 1.54) is 90.7 Å². The van der Waals surface area contributed by atoms with Crippen molar-refractivity contribution in [3.05, 3.63) is 275 Å². The summed E-state index contributed by atoms with van der Waals surface area (Å²) in [7, 11) is 0. The first-order chi connectivity index (χ1) is 35.0. The van der Waals surface area contributed by atoms with Gasteiger partial charge in [0.2, 0.25) is 0 Å². The topological polar surface area (TPSA) is 6.48 Å². The molecule has 0 saturated carbocycles. The maximum Gasteiger partial charge on any atom is 0.123 e. The van der Waals surface area contributed by atoms with Crippen molar-refractivity contribution in [2.24, 2.45) is 0 Å². The Morgan fingerprint density at radius 2 is 0.625 bits per heavy atom. The average Bonchev–Trinajstić information content (AvgIpc) is 3.77. The maximum atomic E-state index is 14.1. The second-order valence-corrected chi connectivity index (χ2v) is 20.1. The average molecular weight is 935 g/mol. The molecule has 0 unspecified atom stereocenters. The third kappa shape index (κ3) is 7.81. The lowest BCUT2D eigenvalue weighted by Crippen LogP contribution is -2.16. The highest BCUT2D eigenvalue weighted by atomic mass is 19.1. The van der Waals surface area contributed by atoms with Gasteiger partial charge >= 0.3 is 0 Å². The van der Waals surface area contributed by atoms with Gasteiger partial charge in [-0.25, -0.2) is 8.78 Å². The predicted octanol–water partition coefficient (Wildman–Crippen LogP) is 19.0. The summed E-state index contributed by atoms with van der Waals surface area (Å²) in [5.41, 5.74) is 20.2. The Hall–Kier alpha value is -8.60. The summed E-state index contributed by atoms with van der Waals surface area (Å²) in [5.74, 6) is -0.505. The van der Waals surface area contributed by atoms with Gasteiger partial charge in [0.1, 0.15) is 11.6 Å². The Morgan fingerprint density at radius 1 is 0.306 bits per heavy atom. The summed E-state index contributed by atoms with van der Waals surface area (Å²) in [6.45, 7) is 9.26. The molecule has 0 amide bonds. The summed E-state index contributed by atoms with van der Waals surface area (Å²) < 4.78 is 28.1. The van der Waals surface area contributed by atoms with Crippen LogP contribution < -0.4 is 9.80 Å². The van der Waals surface area contributed by atoms with Crippen LogP contribution in [0.5, 0.6) is 0 Å².